The third-order valence-corrected chi connectivity index (χ3v) is 7.12. The Morgan fingerprint density at radius 1 is 1.03 bits per heavy atom. The number of hydrogen-bond acceptors (Lipinski definition) is 4. The second kappa shape index (κ2) is 10.7. The lowest BCUT2D eigenvalue weighted by Gasteiger charge is -2.27. The van der Waals surface area contributed by atoms with Crippen LogP contribution in [0.3, 0.4) is 0 Å². The van der Waals surface area contributed by atoms with E-state index in [0.717, 1.165) is 19.3 Å². The molecule has 0 bridgehead atoms. The summed E-state index contributed by atoms with van der Waals surface area (Å²) in [6, 6.07) is 16.4. The average molecular weight is 465 g/mol. The van der Waals surface area contributed by atoms with Crippen LogP contribution in [0.15, 0.2) is 48.5 Å². The lowest BCUT2D eigenvalue weighted by atomic mass is 9.94. The molecule has 34 heavy (non-hydrogen) atoms. The van der Waals surface area contributed by atoms with Gasteiger partial charge in [0.25, 0.3) is 0 Å². The van der Waals surface area contributed by atoms with Crippen molar-refractivity contribution in [2.24, 2.45) is 11.8 Å². The first-order valence-electron chi connectivity index (χ1n) is 12.1. The van der Waals surface area contributed by atoms with Gasteiger partial charge in [-0.1, -0.05) is 55.0 Å². The molecule has 2 amide bonds. The van der Waals surface area contributed by atoms with Gasteiger partial charge in [0.05, 0.1) is 6.42 Å². The number of carboxylic acids is 1. The highest BCUT2D eigenvalue weighted by Gasteiger charge is 2.35. The van der Waals surface area contributed by atoms with Crippen LogP contribution in [0.4, 0.5) is 4.79 Å². The van der Waals surface area contributed by atoms with Gasteiger partial charge < -0.3 is 20.1 Å². The quantitative estimate of drug-likeness (QED) is 0.578. The lowest BCUT2D eigenvalue weighted by molar-refractivity contribution is -0.140. The Kier molecular flexibility index (Phi) is 7.50. The molecule has 0 aromatic heterocycles. The molecule has 1 fully saturated rings. The molecule has 2 aromatic rings. The average Bonchev–Trinajstić information content (AvgIpc) is 3.44. The molecule has 2 aromatic carbocycles. The molecule has 2 unspecified atom stereocenters. The summed E-state index contributed by atoms with van der Waals surface area (Å²) in [4.78, 5) is 38.0. The number of ether oxygens (including phenoxy) is 1. The van der Waals surface area contributed by atoms with Crippen LogP contribution in [-0.4, -0.2) is 54.2 Å². The van der Waals surface area contributed by atoms with Crippen molar-refractivity contribution in [1.29, 1.82) is 0 Å². The molecule has 4 rings (SSSR count). The molecule has 7 heteroatoms. The molecule has 7 nitrogen and oxygen atoms in total. The van der Waals surface area contributed by atoms with Crippen molar-refractivity contribution in [3.05, 3.63) is 59.7 Å². The molecule has 0 radical (unpaired) electrons. The Bertz CT molecular complexity index is 1010. The number of carbonyl (C=O) groups excluding carboxylic acids is 2. The second-order valence-corrected chi connectivity index (χ2v) is 9.07. The Balaban J connectivity index is 1.31. The van der Waals surface area contributed by atoms with Gasteiger partial charge in [0.1, 0.15) is 6.61 Å². The van der Waals surface area contributed by atoms with Crippen LogP contribution in [-0.2, 0) is 14.3 Å². The lowest BCUT2D eigenvalue weighted by Crippen LogP contribution is -2.41. The van der Waals surface area contributed by atoms with Crippen LogP contribution < -0.4 is 5.32 Å². The number of hydrogen-bond donors (Lipinski definition) is 2. The van der Waals surface area contributed by atoms with Crippen LogP contribution in [0, 0.1) is 11.8 Å². The number of carbonyl (C=O) groups is 3. The normalized spacial score (nSPS) is 18.7. The molecule has 0 heterocycles. The number of fused-ring (bicyclic) bond motifs is 3. The molecule has 0 spiro atoms. The summed E-state index contributed by atoms with van der Waals surface area (Å²) < 4.78 is 5.62. The molecule has 2 N–H and O–H groups in total. The number of rotatable bonds is 9. The number of carboxylic acid groups (broad SMARTS) is 1. The molecular formula is C27H32N2O5. The molecule has 0 saturated heterocycles. The summed E-state index contributed by atoms with van der Waals surface area (Å²) in [5.74, 6) is -1.08. The van der Waals surface area contributed by atoms with Crippen LogP contribution >= 0.6 is 0 Å². The molecule has 2 aliphatic carbocycles. The highest BCUT2D eigenvalue weighted by atomic mass is 16.5. The highest BCUT2D eigenvalue weighted by Crippen LogP contribution is 2.44. The Morgan fingerprint density at radius 3 is 2.29 bits per heavy atom. The summed E-state index contributed by atoms with van der Waals surface area (Å²) >= 11 is 0. The van der Waals surface area contributed by atoms with Crippen molar-refractivity contribution < 1.29 is 24.2 Å². The van der Waals surface area contributed by atoms with Crippen molar-refractivity contribution in [2.45, 2.75) is 38.5 Å². The smallest absolute Gasteiger partial charge is 0.407 e. The number of nitrogens with zero attached hydrogens (tertiary/aromatic N) is 1. The van der Waals surface area contributed by atoms with Gasteiger partial charge >= 0.3 is 12.1 Å². The summed E-state index contributed by atoms with van der Waals surface area (Å²) in [5.41, 5.74) is 4.70. The van der Waals surface area contributed by atoms with E-state index in [1.807, 2.05) is 31.2 Å². The first-order chi connectivity index (χ1) is 16.5. The third kappa shape index (κ3) is 5.08. The van der Waals surface area contributed by atoms with E-state index in [1.165, 1.54) is 22.3 Å². The predicted octanol–water partition coefficient (Wildman–Crippen LogP) is 4.26. The maximum Gasteiger partial charge on any atom is 0.407 e. The van der Waals surface area contributed by atoms with Gasteiger partial charge in [0.2, 0.25) is 5.91 Å². The number of alkyl carbamates (subject to hydrolysis) is 1. The van der Waals surface area contributed by atoms with E-state index in [0.29, 0.717) is 13.1 Å². The summed E-state index contributed by atoms with van der Waals surface area (Å²) in [6.45, 7) is 3.19. The Hall–Kier alpha value is -3.35. The zero-order chi connectivity index (χ0) is 24.1. The first-order valence-corrected chi connectivity index (χ1v) is 12.1. The fraction of sp³-hybridized carbons (Fsp3) is 0.444. The highest BCUT2D eigenvalue weighted by molar-refractivity contribution is 5.80. The fourth-order valence-corrected chi connectivity index (χ4v) is 5.36. The van der Waals surface area contributed by atoms with Crippen molar-refractivity contribution in [3.8, 4) is 11.1 Å². The summed E-state index contributed by atoms with van der Waals surface area (Å²) in [7, 11) is 0. The zero-order valence-corrected chi connectivity index (χ0v) is 19.5. The van der Waals surface area contributed by atoms with Gasteiger partial charge in [-0.05, 0) is 47.9 Å². The molecule has 2 aliphatic rings. The minimum absolute atomic E-state index is 0.00584. The van der Waals surface area contributed by atoms with Crippen molar-refractivity contribution in [2.75, 3.05) is 26.2 Å². The van der Waals surface area contributed by atoms with Gasteiger partial charge in [-0.15, -0.1) is 0 Å². The molecule has 0 aliphatic heterocycles. The predicted molar refractivity (Wildman–Crippen MR) is 128 cm³/mol. The largest absolute Gasteiger partial charge is 0.481 e. The number of amides is 2. The number of nitrogens with one attached hydrogen (secondary N) is 1. The second-order valence-electron chi connectivity index (χ2n) is 9.07. The van der Waals surface area contributed by atoms with E-state index >= 15 is 0 Å². The van der Waals surface area contributed by atoms with Crippen molar-refractivity contribution in [1.82, 2.24) is 10.2 Å². The Labute approximate surface area is 200 Å². The standard InChI is InChI=1S/C27H32N2O5/c1-2-29(15-14-25(30)31)26(32)19-13-7-8-18(19)16-28-27(33)34-17-24-22-11-5-3-9-20(22)21-10-4-6-12-23(21)24/h3-6,9-12,18-19,24H,2,7-8,13-17H2,1H3,(H,28,33)(H,30,31). The molecular weight excluding hydrogens is 432 g/mol. The summed E-state index contributed by atoms with van der Waals surface area (Å²) in [5, 5.41) is 11.8. The van der Waals surface area contributed by atoms with Gasteiger partial charge in [-0.2, -0.15) is 0 Å². The van der Waals surface area contributed by atoms with Gasteiger partial charge in [-0.3, -0.25) is 9.59 Å². The van der Waals surface area contributed by atoms with Crippen molar-refractivity contribution >= 4 is 18.0 Å². The van der Waals surface area contributed by atoms with Gasteiger partial charge in [0, 0.05) is 31.5 Å². The van der Waals surface area contributed by atoms with E-state index in [4.69, 9.17) is 9.84 Å². The minimum Gasteiger partial charge on any atom is -0.481 e. The maximum atomic E-state index is 13.0. The maximum absolute atomic E-state index is 13.0. The number of aliphatic carboxylic acids is 1. The fourth-order valence-electron chi connectivity index (χ4n) is 5.36. The third-order valence-electron chi connectivity index (χ3n) is 7.12. The van der Waals surface area contributed by atoms with Gasteiger partial charge in [0.15, 0.2) is 0 Å². The minimum atomic E-state index is -0.911. The Morgan fingerprint density at radius 2 is 1.68 bits per heavy atom. The van der Waals surface area contributed by atoms with Crippen molar-refractivity contribution in [3.63, 3.8) is 0 Å². The topological polar surface area (TPSA) is 95.9 Å². The van der Waals surface area contributed by atoms with E-state index in [9.17, 15) is 14.4 Å². The van der Waals surface area contributed by atoms with Crippen LogP contribution in [0.1, 0.15) is 49.7 Å². The zero-order valence-electron chi connectivity index (χ0n) is 19.5. The van der Waals surface area contributed by atoms with Crippen LogP contribution in [0.25, 0.3) is 11.1 Å². The molecule has 180 valence electrons. The van der Waals surface area contributed by atoms with E-state index < -0.39 is 12.1 Å². The van der Waals surface area contributed by atoms with Gasteiger partial charge in [-0.25, -0.2) is 4.79 Å². The number of benzene rings is 2. The molecule has 1 saturated carbocycles. The van der Waals surface area contributed by atoms with E-state index in [2.05, 4.69) is 29.6 Å². The molecule has 2 atom stereocenters. The van der Waals surface area contributed by atoms with E-state index in [-0.39, 0.29) is 43.2 Å². The van der Waals surface area contributed by atoms with Crippen LogP contribution in [0.2, 0.25) is 0 Å². The summed E-state index contributed by atoms with van der Waals surface area (Å²) in [6.07, 6.45) is 2.01. The van der Waals surface area contributed by atoms with Crippen LogP contribution in [0.5, 0.6) is 0 Å². The SMILES string of the molecule is CCN(CCC(=O)O)C(=O)C1CCCC1CNC(=O)OCC1c2ccccc2-c2ccccc21. The van der Waals surface area contributed by atoms with E-state index in [1.54, 1.807) is 4.90 Å². The monoisotopic (exact) mass is 464 g/mol. The first kappa shape index (κ1) is 23.8.